The highest BCUT2D eigenvalue weighted by Crippen LogP contribution is 2.23. The van der Waals surface area contributed by atoms with Crippen LogP contribution in [0.4, 0.5) is 0 Å². The largest absolute Gasteiger partial charge is 0.350 e. The minimum absolute atomic E-state index is 0.0576. The third-order valence-corrected chi connectivity index (χ3v) is 5.03. The van der Waals surface area contributed by atoms with Gasteiger partial charge in [0.2, 0.25) is 0 Å². The van der Waals surface area contributed by atoms with Crippen LogP contribution in [-0.4, -0.2) is 26.2 Å². The van der Waals surface area contributed by atoms with E-state index < -0.39 is 5.91 Å². The van der Waals surface area contributed by atoms with Crippen molar-refractivity contribution < 1.29 is 9.59 Å². The van der Waals surface area contributed by atoms with E-state index in [1.165, 1.54) is 6.20 Å². The van der Waals surface area contributed by atoms with Crippen molar-refractivity contribution in [3.8, 4) is 5.69 Å². The van der Waals surface area contributed by atoms with Gasteiger partial charge in [-0.2, -0.15) is 5.10 Å². The van der Waals surface area contributed by atoms with Crippen molar-refractivity contribution in [2.75, 3.05) is 0 Å². The molecule has 7 nitrogen and oxygen atoms in total. The second kappa shape index (κ2) is 7.87. The maximum atomic E-state index is 12.8. The maximum Gasteiger partial charge on any atom is 0.273 e. The number of aromatic nitrogens is 3. The summed E-state index contributed by atoms with van der Waals surface area (Å²) >= 11 is 0. The average molecular weight is 401 g/mol. The van der Waals surface area contributed by atoms with E-state index in [-0.39, 0.29) is 11.8 Å². The molecule has 2 aromatic carbocycles. The van der Waals surface area contributed by atoms with E-state index in [9.17, 15) is 9.59 Å². The summed E-state index contributed by atoms with van der Waals surface area (Å²) in [4.78, 5) is 25.5. The van der Waals surface area contributed by atoms with Crippen LogP contribution in [0.3, 0.4) is 0 Å². The highest BCUT2D eigenvalue weighted by atomic mass is 16.2. The maximum absolute atomic E-state index is 12.8. The highest BCUT2D eigenvalue weighted by molar-refractivity contribution is 6.08. The molecule has 0 bridgehead atoms. The van der Waals surface area contributed by atoms with Gasteiger partial charge in [-0.25, -0.2) is 4.68 Å². The van der Waals surface area contributed by atoms with Crippen LogP contribution < -0.4 is 10.9 Å². The van der Waals surface area contributed by atoms with Crippen molar-refractivity contribution in [2.45, 2.75) is 19.8 Å². The number of aryl methyl sites for hydroxylation is 1. The number of nitrogens with zero attached hydrogens (tertiary/aromatic N) is 3. The molecule has 2 aromatic heterocycles. The van der Waals surface area contributed by atoms with Crippen molar-refractivity contribution >= 4 is 22.7 Å². The summed E-state index contributed by atoms with van der Waals surface area (Å²) in [6.45, 7) is 4.00. The molecule has 0 aliphatic carbocycles. The summed E-state index contributed by atoms with van der Waals surface area (Å²) in [5.41, 5.74) is 8.58. The lowest BCUT2D eigenvalue weighted by atomic mass is 10.1. The van der Waals surface area contributed by atoms with Crippen molar-refractivity contribution in [1.82, 2.24) is 25.2 Å². The Hall–Kier alpha value is -3.87. The molecular weight excluding hydrogens is 378 g/mol. The van der Waals surface area contributed by atoms with Gasteiger partial charge in [-0.15, -0.1) is 0 Å². The molecule has 0 atom stereocenters. The fourth-order valence-corrected chi connectivity index (χ4v) is 3.63. The van der Waals surface area contributed by atoms with Crippen molar-refractivity contribution in [2.24, 2.45) is 7.05 Å². The van der Waals surface area contributed by atoms with Gasteiger partial charge >= 0.3 is 0 Å². The molecule has 0 radical (unpaired) electrons. The molecule has 0 unspecified atom stereocenters. The fourth-order valence-electron chi connectivity index (χ4n) is 3.63. The molecule has 152 valence electrons. The molecule has 4 rings (SSSR count). The van der Waals surface area contributed by atoms with Crippen molar-refractivity contribution in [3.63, 3.8) is 0 Å². The fraction of sp³-hybridized carbons (Fsp3) is 0.174. The summed E-state index contributed by atoms with van der Waals surface area (Å²) in [6, 6.07) is 17.3. The molecule has 2 heterocycles. The van der Waals surface area contributed by atoms with Crippen LogP contribution in [-0.2, 0) is 7.05 Å². The number of fused-ring (bicyclic) bond motifs is 1. The Balaban J connectivity index is 1.56. The Morgan fingerprint density at radius 1 is 0.900 bits per heavy atom. The van der Waals surface area contributed by atoms with Crippen LogP contribution in [0.15, 0.2) is 67.0 Å². The number of carbonyl (C=O) groups is 2. The Morgan fingerprint density at radius 3 is 2.23 bits per heavy atom. The monoisotopic (exact) mass is 401 g/mol. The molecule has 0 saturated heterocycles. The third kappa shape index (κ3) is 3.45. The van der Waals surface area contributed by atoms with E-state index in [1.54, 1.807) is 10.9 Å². The molecular formula is C23H23N5O2. The number of benzene rings is 2. The smallest absolute Gasteiger partial charge is 0.273 e. The molecule has 0 spiro atoms. The number of carbonyl (C=O) groups excluding carboxylic acids is 2. The summed E-state index contributed by atoms with van der Waals surface area (Å²) in [5, 5.41) is 5.22. The minimum atomic E-state index is -0.408. The molecule has 0 aliphatic rings. The lowest BCUT2D eigenvalue weighted by molar-refractivity contribution is 0.0846. The topological polar surface area (TPSA) is 81.0 Å². The van der Waals surface area contributed by atoms with Crippen LogP contribution in [0.2, 0.25) is 0 Å². The second-order valence-corrected chi connectivity index (χ2v) is 7.42. The van der Waals surface area contributed by atoms with Gasteiger partial charge in [0.15, 0.2) is 0 Å². The number of amides is 2. The molecule has 2 N–H and O–H groups in total. The third-order valence-electron chi connectivity index (χ3n) is 5.03. The SMILES string of the molecule is CC(C)c1c(C(=O)NNC(=O)c2cn(C)c3ccccc23)cnn1-c1ccccc1. The Labute approximate surface area is 174 Å². The zero-order valence-electron chi connectivity index (χ0n) is 17.1. The van der Waals surface area contributed by atoms with Gasteiger partial charge in [0.05, 0.1) is 28.7 Å². The number of hydrazine groups is 1. The standard InChI is InChI=1S/C23H23N5O2/c1-15(2)21-18(13-24-28(21)16-9-5-4-6-10-16)22(29)25-26-23(30)19-14-27(3)20-12-8-7-11-17(19)20/h4-15H,1-3H3,(H,25,29)(H,26,30). The van der Waals surface area contributed by atoms with Gasteiger partial charge in [-0.3, -0.25) is 20.4 Å². The van der Waals surface area contributed by atoms with Gasteiger partial charge in [0.25, 0.3) is 11.8 Å². The van der Waals surface area contributed by atoms with Gasteiger partial charge in [-0.1, -0.05) is 50.2 Å². The van der Waals surface area contributed by atoms with Gasteiger partial charge in [-0.05, 0) is 24.1 Å². The number of hydrogen-bond acceptors (Lipinski definition) is 3. The number of para-hydroxylation sites is 2. The van der Waals surface area contributed by atoms with E-state index in [0.29, 0.717) is 11.1 Å². The predicted octanol–water partition coefficient (Wildman–Crippen LogP) is 3.56. The first-order valence-electron chi connectivity index (χ1n) is 9.75. The van der Waals surface area contributed by atoms with Crippen molar-refractivity contribution in [1.29, 1.82) is 0 Å². The molecule has 30 heavy (non-hydrogen) atoms. The molecule has 2 amide bonds. The van der Waals surface area contributed by atoms with E-state index in [0.717, 1.165) is 22.3 Å². The molecule has 4 aromatic rings. The van der Waals surface area contributed by atoms with E-state index >= 15 is 0 Å². The van der Waals surface area contributed by atoms with Crippen LogP contribution in [0, 0.1) is 0 Å². The first-order chi connectivity index (χ1) is 14.5. The van der Waals surface area contributed by atoms with E-state index in [4.69, 9.17) is 0 Å². The first kappa shape index (κ1) is 19.4. The molecule has 0 fully saturated rings. The lowest BCUT2D eigenvalue weighted by Gasteiger charge is -2.13. The van der Waals surface area contributed by atoms with Crippen LogP contribution in [0.1, 0.15) is 46.2 Å². The van der Waals surface area contributed by atoms with Crippen molar-refractivity contribution in [3.05, 3.63) is 83.8 Å². The zero-order valence-corrected chi connectivity index (χ0v) is 17.1. The molecule has 0 saturated carbocycles. The molecule has 7 heteroatoms. The van der Waals surface area contributed by atoms with Crippen LogP contribution in [0.5, 0.6) is 0 Å². The van der Waals surface area contributed by atoms with Gasteiger partial charge in [0.1, 0.15) is 0 Å². The van der Waals surface area contributed by atoms with E-state index in [1.807, 2.05) is 80.1 Å². The van der Waals surface area contributed by atoms with Crippen LogP contribution >= 0.6 is 0 Å². The van der Waals surface area contributed by atoms with Crippen LogP contribution in [0.25, 0.3) is 16.6 Å². The highest BCUT2D eigenvalue weighted by Gasteiger charge is 2.22. The average Bonchev–Trinajstić information content (AvgIpc) is 3.35. The normalized spacial score (nSPS) is 11.1. The molecule has 0 aliphatic heterocycles. The number of rotatable bonds is 4. The summed E-state index contributed by atoms with van der Waals surface area (Å²) in [6.07, 6.45) is 3.28. The number of hydrogen-bond donors (Lipinski definition) is 2. The summed E-state index contributed by atoms with van der Waals surface area (Å²) < 4.78 is 3.64. The minimum Gasteiger partial charge on any atom is -0.350 e. The summed E-state index contributed by atoms with van der Waals surface area (Å²) in [5.74, 6) is -0.724. The van der Waals surface area contributed by atoms with Gasteiger partial charge < -0.3 is 4.57 Å². The summed E-state index contributed by atoms with van der Waals surface area (Å²) in [7, 11) is 1.88. The first-order valence-corrected chi connectivity index (χ1v) is 9.75. The van der Waals surface area contributed by atoms with E-state index in [2.05, 4.69) is 16.0 Å². The zero-order chi connectivity index (χ0) is 21.3. The second-order valence-electron chi connectivity index (χ2n) is 7.42. The Bertz CT molecular complexity index is 1220. The lowest BCUT2D eigenvalue weighted by Crippen LogP contribution is -2.41. The number of nitrogens with one attached hydrogen (secondary N) is 2. The quantitative estimate of drug-likeness (QED) is 0.513. The predicted molar refractivity (Wildman–Crippen MR) is 116 cm³/mol. The Kier molecular flexibility index (Phi) is 5.10. The van der Waals surface area contributed by atoms with Gasteiger partial charge in [0, 0.05) is 24.1 Å². The Morgan fingerprint density at radius 2 is 1.53 bits per heavy atom.